The molecule has 1 aliphatic heterocycles. The molecule has 0 saturated carbocycles. The number of urea groups is 1. The van der Waals surface area contributed by atoms with Gasteiger partial charge in [0.2, 0.25) is 5.91 Å². The van der Waals surface area contributed by atoms with Crippen LogP contribution in [0.15, 0.2) is 23.2 Å². The highest BCUT2D eigenvalue weighted by molar-refractivity contribution is 14.0. The third-order valence-electron chi connectivity index (χ3n) is 3.51. The van der Waals surface area contributed by atoms with Gasteiger partial charge < -0.3 is 25.4 Å². The zero-order valence-electron chi connectivity index (χ0n) is 15.0. The molecule has 0 spiro atoms. The molecule has 144 valence electrons. The lowest BCUT2D eigenvalue weighted by Gasteiger charge is -2.16. The minimum atomic E-state index is -0.369. The van der Waals surface area contributed by atoms with Crippen molar-refractivity contribution in [1.29, 1.82) is 0 Å². The summed E-state index contributed by atoms with van der Waals surface area (Å²) in [5.74, 6) is 1.56. The van der Waals surface area contributed by atoms with Crippen LogP contribution < -0.4 is 25.4 Å². The van der Waals surface area contributed by atoms with E-state index in [1.54, 1.807) is 20.2 Å². The number of halogens is 1. The molecule has 1 aromatic rings. The molecule has 1 fully saturated rings. The third-order valence-corrected chi connectivity index (χ3v) is 3.51. The first-order valence-corrected chi connectivity index (χ1v) is 7.95. The van der Waals surface area contributed by atoms with E-state index in [4.69, 9.17) is 9.47 Å². The van der Waals surface area contributed by atoms with Crippen LogP contribution in [0.3, 0.4) is 0 Å². The Labute approximate surface area is 169 Å². The zero-order chi connectivity index (χ0) is 18.2. The van der Waals surface area contributed by atoms with Gasteiger partial charge in [0.15, 0.2) is 17.5 Å². The molecular formula is C16H24IN5O4. The number of hydrogen-bond acceptors (Lipinski definition) is 5. The number of anilines is 1. The molecular weight excluding hydrogens is 453 g/mol. The second kappa shape index (κ2) is 10.7. The highest BCUT2D eigenvalue weighted by Crippen LogP contribution is 2.30. The summed E-state index contributed by atoms with van der Waals surface area (Å²) in [4.78, 5) is 28.3. The van der Waals surface area contributed by atoms with Gasteiger partial charge in [0.05, 0.1) is 20.3 Å². The second-order valence-electron chi connectivity index (χ2n) is 5.13. The standard InChI is InChI=1S/C16H23N5O4.HI/c1-4-25-13-9-11(5-6-12(13)24-3)20-15(17-2)18-7-8-21-14(22)10-19-16(21)23;/h5-6,9H,4,7-8,10H2,1-3H3,(H,19,23)(H2,17,18,20);1H. The fourth-order valence-electron chi connectivity index (χ4n) is 2.31. The Morgan fingerprint density at radius 3 is 2.69 bits per heavy atom. The summed E-state index contributed by atoms with van der Waals surface area (Å²) in [5.41, 5.74) is 0.771. The van der Waals surface area contributed by atoms with Gasteiger partial charge in [-0.05, 0) is 19.1 Å². The van der Waals surface area contributed by atoms with Gasteiger partial charge >= 0.3 is 6.03 Å². The fourth-order valence-corrected chi connectivity index (χ4v) is 2.31. The Hall–Kier alpha value is -2.24. The number of guanidine groups is 1. The maximum absolute atomic E-state index is 11.5. The maximum atomic E-state index is 11.5. The van der Waals surface area contributed by atoms with Crippen molar-refractivity contribution < 1.29 is 19.1 Å². The Morgan fingerprint density at radius 1 is 1.35 bits per heavy atom. The SMILES string of the molecule is CCOc1cc(NC(=NC)NCCN2C(=O)CNC2=O)ccc1OC.I. The number of carbonyl (C=O) groups is 2. The first kappa shape index (κ1) is 21.8. The average Bonchev–Trinajstić information content (AvgIpc) is 2.93. The minimum absolute atomic E-state index is 0. The van der Waals surface area contributed by atoms with Crippen LogP contribution in [0.2, 0.25) is 0 Å². The van der Waals surface area contributed by atoms with E-state index in [9.17, 15) is 9.59 Å². The van der Waals surface area contributed by atoms with Crippen LogP contribution in [0.4, 0.5) is 10.5 Å². The number of rotatable bonds is 7. The normalized spacial score (nSPS) is 13.8. The molecule has 10 heteroatoms. The van der Waals surface area contributed by atoms with E-state index in [0.29, 0.717) is 30.6 Å². The van der Waals surface area contributed by atoms with Crippen molar-refractivity contribution in [3.63, 3.8) is 0 Å². The smallest absolute Gasteiger partial charge is 0.324 e. The van der Waals surface area contributed by atoms with Gasteiger partial charge in [0.1, 0.15) is 0 Å². The van der Waals surface area contributed by atoms with E-state index >= 15 is 0 Å². The van der Waals surface area contributed by atoms with Crippen molar-refractivity contribution >= 4 is 47.6 Å². The molecule has 1 saturated heterocycles. The van der Waals surface area contributed by atoms with Crippen molar-refractivity contribution in [2.75, 3.05) is 45.7 Å². The van der Waals surface area contributed by atoms with Crippen LogP contribution >= 0.6 is 24.0 Å². The monoisotopic (exact) mass is 477 g/mol. The van der Waals surface area contributed by atoms with Gasteiger partial charge in [-0.2, -0.15) is 0 Å². The molecule has 0 radical (unpaired) electrons. The number of ether oxygens (including phenoxy) is 2. The lowest BCUT2D eigenvalue weighted by molar-refractivity contribution is -0.124. The summed E-state index contributed by atoms with van der Waals surface area (Å²) < 4.78 is 10.8. The van der Waals surface area contributed by atoms with Crippen LogP contribution in [-0.2, 0) is 4.79 Å². The first-order valence-electron chi connectivity index (χ1n) is 7.95. The second-order valence-corrected chi connectivity index (χ2v) is 5.13. The molecule has 2 rings (SSSR count). The molecule has 1 aromatic carbocycles. The highest BCUT2D eigenvalue weighted by Gasteiger charge is 2.27. The molecule has 0 atom stereocenters. The number of hydrogen-bond donors (Lipinski definition) is 3. The minimum Gasteiger partial charge on any atom is -0.493 e. The van der Waals surface area contributed by atoms with Gasteiger partial charge in [-0.15, -0.1) is 24.0 Å². The molecule has 0 aliphatic carbocycles. The van der Waals surface area contributed by atoms with Crippen molar-refractivity contribution in [2.24, 2.45) is 4.99 Å². The summed E-state index contributed by atoms with van der Waals surface area (Å²) in [6.07, 6.45) is 0. The summed E-state index contributed by atoms with van der Waals surface area (Å²) in [6.45, 7) is 3.12. The number of nitrogens with zero attached hydrogens (tertiary/aromatic N) is 2. The van der Waals surface area contributed by atoms with E-state index in [-0.39, 0.29) is 49.0 Å². The Bertz CT molecular complexity index is 652. The van der Waals surface area contributed by atoms with Crippen molar-refractivity contribution in [3.05, 3.63) is 18.2 Å². The molecule has 26 heavy (non-hydrogen) atoms. The number of benzene rings is 1. The molecule has 3 amide bonds. The van der Waals surface area contributed by atoms with Gasteiger partial charge in [0.25, 0.3) is 0 Å². The Morgan fingerprint density at radius 2 is 2.12 bits per heavy atom. The van der Waals surface area contributed by atoms with Gasteiger partial charge in [-0.1, -0.05) is 0 Å². The number of amides is 3. The predicted molar refractivity (Wildman–Crippen MR) is 110 cm³/mol. The third kappa shape index (κ3) is 5.64. The summed E-state index contributed by atoms with van der Waals surface area (Å²) in [7, 11) is 3.22. The number of carbonyl (C=O) groups excluding carboxylic acids is 2. The van der Waals surface area contributed by atoms with Crippen LogP contribution in [0.5, 0.6) is 11.5 Å². The molecule has 3 N–H and O–H groups in total. The number of methoxy groups -OCH3 is 1. The van der Waals surface area contributed by atoms with E-state index in [2.05, 4.69) is 20.9 Å². The molecule has 0 bridgehead atoms. The van der Waals surface area contributed by atoms with Crippen molar-refractivity contribution in [3.8, 4) is 11.5 Å². The fraction of sp³-hybridized carbons (Fsp3) is 0.438. The first-order chi connectivity index (χ1) is 12.1. The molecule has 9 nitrogen and oxygen atoms in total. The van der Waals surface area contributed by atoms with Crippen LogP contribution in [-0.4, -0.2) is 63.2 Å². The van der Waals surface area contributed by atoms with E-state index < -0.39 is 0 Å². The molecule has 0 aromatic heterocycles. The number of imide groups is 1. The number of nitrogens with one attached hydrogen (secondary N) is 3. The van der Waals surface area contributed by atoms with E-state index in [1.165, 1.54) is 4.90 Å². The Balaban J connectivity index is 0.00000338. The molecule has 1 heterocycles. The van der Waals surface area contributed by atoms with Crippen molar-refractivity contribution in [2.45, 2.75) is 6.92 Å². The van der Waals surface area contributed by atoms with Crippen LogP contribution in [0, 0.1) is 0 Å². The van der Waals surface area contributed by atoms with Crippen LogP contribution in [0.25, 0.3) is 0 Å². The van der Waals surface area contributed by atoms with Crippen LogP contribution in [0.1, 0.15) is 6.92 Å². The average molecular weight is 477 g/mol. The largest absolute Gasteiger partial charge is 0.493 e. The van der Waals surface area contributed by atoms with Gasteiger partial charge in [0, 0.05) is 31.9 Å². The lowest BCUT2D eigenvalue weighted by atomic mass is 10.2. The highest BCUT2D eigenvalue weighted by atomic mass is 127. The van der Waals surface area contributed by atoms with Crippen molar-refractivity contribution in [1.82, 2.24) is 15.5 Å². The predicted octanol–water partition coefficient (Wildman–Crippen LogP) is 1.25. The number of aliphatic imine (C=N–C) groups is 1. The molecule has 0 unspecified atom stereocenters. The van der Waals surface area contributed by atoms with Gasteiger partial charge in [-0.25, -0.2) is 4.79 Å². The lowest BCUT2D eigenvalue weighted by Crippen LogP contribution is -2.40. The zero-order valence-corrected chi connectivity index (χ0v) is 17.3. The quantitative estimate of drug-likeness (QED) is 0.237. The van der Waals surface area contributed by atoms with E-state index in [1.807, 2.05) is 19.1 Å². The summed E-state index contributed by atoms with van der Waals surface area (Å²) in [6, 6.07) is 5.08. The topological polar surface area (TPSA) is 104 Å². The van der Waals surface area contributed by atoms with Gasteiger partial charge in [-0.3, -0.25) is 14.7 Å². The molecule has 1 aliphatic rings. The maximum Gasteiger partial charge on any atom is 0.324 e. The summed E-state index contributed by atoms with van der Waals surface area (Å²) >= 11 is 0. The summed E-state index contributed by atoms with van der Waals surface area (Å²) in [5, 5.41) is 8.66. The Kier molecular flexibility index (Phi) is 8.96. The van der Waals surface area contributed by atoms with E-state index in [0.717, 1.165) is 5.69 Å².